The third kappa shape index (κ3) is 5.19. The van der Waals surface area contributed by atoms with Crippen LogP contribution in [-0.2, 0) is 4.79 Å². The number of hydrogen-bond acceptors (Lipinski definition) is 3. The summed E-state index contributed by atoms with van der Waals surface area (Å²) < 4.78 is 0. The highest BCUT2D eigenvalue weighted by molar-refractivity contribution is 6.48. The van der Waals surface area contributed by atoms with Crippen LogP contribution in [0.1, 0.15) is 0 Å². The summed E-state index contributed by atoms with van der Waals surface area (Å²) in [6.07, 6.45) is 0.657. The van der Waals surface area contributed by atoms with Gasteiger partial charge in [0, 0.05) is 6.08 Å². The van der Waals surface area contributed by atoms with Crippen LogP contribution in [0.4, 0.5) is 0 Å². The minimum Gasteiger partial charge on any atom is -0.478 e. The number of hydrogen-bond donors (Lipinski definition) is 3. The van der Waals surface area contributed by atoms with E-state index >= 15 is 0 Å². The van der Waals surface area contributed by atoms with Crippen molar-refractivity contribution in [3.8, 4) is 0 Å². The molecule has 0 atom stereocenters. The molecule has 0 bridgehead atoms. The Morgan fingerprint density at radius 2 is 2.00 bits per heavy atom. The Morgan fingerprint density at radius 1 is 1.50 bits per heavy atom. The van der Waals surface area contributed by atoms with Crippen molar-refractivity contribution in [1.29, 1.82) is 0 Å². The van der Waals surface area contributed by atoms with Crippen molar-refractivity contribution in [3.05, 3.63) is 12.1 Å². The molecule has 0 aromatic heterocycles. The van der Waals surface area contributed by atoms with Gasteiger partial charge >= 0.3 is 13.1 Å². The Kier molecular flexibility index (Phi) is 2.90. The third-order valence-corrected chi connectivity index (χ3v) is 0.411. The normalized spacial score (nSPS) is 9.75. The predicted molar refractivity (Wildman–Crippen MR) is 27.0 cm³/mol. The predicted octanol–water partition coefficient (Wildman–Crippen LogP) is -1.36. The van der Waals surface area contributed by atoms with Gasteiger partial charge in [-0.15, -0.1) is 0 Å². The lowest BCUT2D eigenvalue weighted by atomic mass is 9.92. The van der Waals surface area contributed by atoms with E-state index in [0.717, 1.165) is 5.98 Å². The Hall–Kier alpha value is -0.805. The molecule has 0 aromatic carbocycles. The molecule has 0 heterocycles. The van der Waals surface area contributed by atoms with Crippen LogP contribution in [0.5, 0.6) is 0 Å². The molecule has 0 saturated carbocycles. The zero-order valence-corrected chi connectivity index (χ0v) is 3.98. The molecule has 0 radical (unpaired) electrons. The first-order chi connectivity index (χ1) is 3.63. The molecule has 3 N–H and O–H groups in total. The van der Waals surface area contributed by atoms with Crippen LogP contribution in [0.25, 0.3) is 0 Å². The summed E-state index contributed by atoms with van der Waals surface area (Å²) in [5, 5.41) is 23.9. The summed E-state index contributed by atoms with van der Waals surface area (Å²) in [4.78, 5) is 9.59. The highest BCUT2D eigenvalue weighted by Crippen LogP contribution is 1.72. The molecule has 0 aliphatic heterocycles. The maximum absolute atomic E-state index is 9.59. The molecule has 0 rings (SSSR count). The van der Waals surface area contributed by atoms with Gasteiger partial charge in [-0.05, 0) is 5.98 Å². The zero-order valence-electron chi connectivity index (χ0n) is 3.98. The first kappa shape index (κ1) is 7.19. The fourth-order valence-electron chi connectivity index (χ4n) is 0.168. The fourth-order valence-corrected chi connectivity index (χ4v) is 0.168. The SMILES string of the molecule is O=C(O)C=CB(O)O. The van der Waals surface area contributed by atoms with Gasteiger partial charge in [0.05, 0.1) is 0 Å². The third-order valence-electron chi connectivity index (χ3n) is 0.411. The van der Waals surface area contributed by atoms with Crippen molar-refractivity contribution in [2.45, 2.75) is 0 Å². The second kappa shape index (κ2) is 3.23. The van der Waals surface area contributed by atoms with Crippen molar-refractivity contribution in [2.24, 2.45) is 0 Å². The Morgan fingerprint density at radius 3 is 2.12 bits per heavy atom. The molecule has 0 aromatic rings. The molecule has 0 aliphatic rings. The van der Waals surface area contributed by atoms with Gasteiger partial charge in [0.1, 0.15) is 0 Å². The standard InChI is InChI=1S/C3H5BO4/c5-3(6)1-2-4(7)8/h1-2,7-8H,(H,5,6). The second-order valence-corrected chi connectivity index (χ2v) is 1.11. The summed E-state index contributed by atoms with van der Waals surface area (Å²) in [7, 11) is -1.67. The molecule has 0 aliphatic carbocycles. The van der Waals surface area contributed by atoms with Gasteiger partial charge in [-0.25, -0.2) is 4.79 Å². The highest BCUT2D eigenvalue weighted by atomic mass is 16.4. The van der Waals surface area contributed by atoms with Crippen molar-refractivity contribution in [1.82, 2.24) is 0 Å². The van der Waals surface area contributed by atoms with Crippen molar-refractivity contribution in [2.75, 3.05) is 0 Å². The van der Waals surface area contributed by atoms with E-state index < -0.39 is 13.1 Å². The minimum absolute atomic E-state index is 0.657. The van der Waals surface area contributed by atoms with Crippen LogP contribution in [-0.4, -0.2) is 28.2 Å². The van der Waals surface area contributed by atoms with Crippen LogP contribution in [0.2, 0.25) is 0 Å². The van der Waals surface area contributed by atoms with Crippen molar-refractivity contribution < 1.29 is 19.9 Å². The van der Waals surface area contributed by atoms with Crippen molar-refractivity contribution in [3.63, 3.8) is 0 Å². The Balaban J connectivity index is 3.50. The van der Waals surface area contributed by atoms with E-state index in [0.29, 0.717) is 6.08 Å². The van der Waals surface area contributed by atoms with E-state index in [1.165, 1.54) is 0 Å². The van der Waals surface area contributed by atoms with Gasteiger partial charge in [-0.3, -0.25) is 0 Å². The highest BCUT2D eigenvalue weighted by Gasteiger charge is 1.98. The fraction of sp³-hybridized carbons (Fsp3) is 0. The summed E-state index contributed by atoms with van der Waals surface area (Å²) in [6.45, 7) is 0. The van der Waals surface area contributed by atoms with Crippen LogP contribution in [0.3, 0.4) is 0 Å². The van der Waals surface area contributed by atoms with E-state index in [1.807, 2.05) is 0 Å². The van der Waals surface area contributed by atoms with Crippen LogP contribution < -0.4 is 0 Å². The lowest BCUT2D eigenvalue weighted by Crippen LogP contribution is -2.06. The summed E-state index contributed by atoms with van der Waals surface area (Å²) in [5.41, 5.74) is 0. The maximum Gasteiger partial charge on any atom is 0.480 e. The summed E-state index contributed by atoms with van der Waals surface area (Å²) in [5.74, 6) is -0.444. The largest absolute Gasteiger partial charge is 0.480 e. The maximum atomic E-state index is 9.59. The van der Waals surface area contributed by atoms with Crippen molar-refractivity contribution >= 4 is 13.1 Å². The topological polar surface area (TPSA) is 77.8 Å². The van der Waals surface area contributed by atoms with Gasteiger partial charge < -0.3 is 15.2 Å². The van der Waals surface area contributed by atoms with E-state index in [1.54, 1.807) is 0 Å². The Labute approximate surface area is 46.2 Å². The van der Waals surface area contributed by atoms with E-state index in [9.17, 15) is 4.79 Å². The number of carboxylic acids is 1. The first-order valence-corrected chi connectivity index (χ1v) is 1.90. The van der Waals surface area contributed by atoms with Crippen LogP contribution in [0.15, 0.2) is 12.1 Å². The average molecular weight is 116 g/mol. The number of carboxylic acid groups (broad SMARTS) is 1. The van der Waals surface area contributed by atoms with Gasteiger partial charge in [-0.2, -0.15) is 0 Å². The van der Waals surface area contributed by atoms with E-state index in [2.05, 4.69) is 0 Å². The second-order valence-electron chi connectivity index (χ2n) is 1.11. The van der Waals surface area contributed by atoms with Crippen LogP contribution >= 0.6 is 0 Å². The Bertz CT molecular complexity index is 108. The molecule has 0 spiro atoms. The molecule has 0 saturated heterocycles. The van der Waals surface area contributed by atoms with Crippen LogP contribution in [0, 0.1) is 0 Å². The molecule has 0 unspecified atom stereocenters. The molecular weight excluding hydrogens is 111 g/mol. The first-order valence-electron chi connectivity index (χ1n) is 1.90. The lowest BCUT2D eigenvalue weighted by Gasteiger charge is -1.81. The molecule has 44 valence electrons. The lowest BCUT2D eigenvalue weighted by molar-refractivity contribution is -0.131. The van der Waals surface area contributed by atoms with Gasteiger partial charge in [0.15, 0.2) is 0 Å². The molecule has 0 fully saturated rings. The molecular formula is C3H5BO4. The van der Waals surface area contributed by atoms with Gasteiger partial charge in [0.2, 0.25) is 0 Å². The molecule has 0 amide bonds. The van der Waals surface area contributed by atoms with E-state index in [-0.39, 0.29) is 0 Å². The number of rotatable bonds is 2. The number of aliphatic carboxylic acids is 1. The average Bonchev–Trinajstić information content (AvgIpc) is 1.61. The van der Waals surface area contributed by atoms with Gasteiger partial charge in [0.25, 0.3) is 0 Å². The quantitative estimate of drug-likeness (QED) is 0.307. The molecule has 8 heavy (non-hydrogen) atoms. The van der Waals surface area contributed by atoms with Gasteiger partial charge in [-0.1, -0.05) is 0 Å². The zero-order chi connectivity index (χ0) is 6.57. The monoisotopic (exact) mass is 116 g/mol. The van der Waals surface area contributed by atoms with E-state index in [4.69, 9.17) is 15.2 Å². The number of carbonyl (C=O) groups is 1. The molecule has 4 nitrogen and oxygen atoms in total. The molecule has 5 heteroatoms. The summed E-state index contributed by atoms with van der Waals surface area (Å²) >= 11 is 0. The summed E-state index contributed by atoms with van der Waals surface area (Å²) in [6, 6.07) is 0. The minimum atomic E-state index is -1.67. The smallest absolute Gasteiger partial charge is 0.478 e.